The summed E-state index contributed by atoms with van der Waals surface area (Å²) >= 11 is -1.53. The number of carbonyl (C=O) groups is 1. The van der Waals surface area contributed by atoms with Crippen LogP contribution in [0.2, 0.25) is 0 Å². The Kier molecular flexibility index (Phi) is 8.00. The molecule has 0 radical (unpaired) electrons. The van der Waals surface area contributed by atoms with Gasteiger partial charge in [0.25, 0.3) is 11.3 Å². The number of hydrogen-bond donors (Lipinski definition) is 2. The van der Waals surface area contributed by atoms with E-state index >= 15 is 0 Å². The van der Waals surface area contributed by atoms with Crippen LogP contribution in [0.5, 0.6) is 0 Å². The predicted molar refractivity (Wildman–Crippen MR) is 141 cm³/mol. The third-order valence-corrected chi connectivity index (χ3v) is 9.75. The molecular weight excluding hydrogens is 518 g/mol. The molecule has 0 aliphatic rings. The number of carboxylic acid groups (broad SMARTS) is 1. The van der Waals surface area contributed by atoms with Gasteiger partial charge in [-0.05, 0) is 66.8 Å². The number of para-hydroxylation sites is 1. The Hall–Kier alpha value is -3.31. The van der Waals surface area contributed by atoms with E-state index in [0.717, 1.165) is 22.5 Å². The molecule has 1 aromatic heterocycles. The van der Waals surface area contributed by atoms with Gasteiger partial charge in [0.05, 0.1) is 16.1 Å². The van der Waals surface area contributed by atoms with Gasteiger partial charge in [0, 0.05) is 0 Å². The molecule has 36 heavy (non-hydrogen) atoms. The largest absolute Gasteiger partial charge is 0.478 e. The van der Waals surface area contributed by atoms with Crippen LogP contribution in [0, 0.1) is 0 Å². The summed E-state index contributed by atoms with van der Waals surface area (Å²) in [6.07, 6.45) is 1.67. The van der Waals surface area contributed by atoms with Gasteiger partial charge in [0.2, 0.25) is 9.84 Å². The first-order chi connectivity index (χ1) is 17.3. The minimum atomic E-state index is -3.76. The molecule has 0 aliphatic heterocycles. The number of thiophene rings is 1. The van der Waals surface area contributed by atoms with Crippen LogP contribution < -0.4 is 4.31 Å². The van der Waals surface area contributed by atoms with Crippen molar-refractivity contribution in [2.75, 3.05) is 4.31 Å². The van der Waals surface area contributed by atoms with Crippen molar-refractivity contribution >= 4 is 49.1 Å². The Morgan fingerprint density at radius 3 is 2.14 bits per heavy atom. The molecule has 0 fully saturated rings. The Morgan fingerprint density at radius 2 is 1.44 bits per heavy atom. The second-order valence-corrected chi connectivity index (χ2v) is 11.9. The van der Waals surface area contributed by atoms with E-state index < -0.39 is 27.1 Å². The van der Waals surface area contributed by atoms with Gasteiger partial charge in [0.15, 0.2) is 0 Å². The first kappa shape index (κ1) is 25.8. The monoisotopic (exact) mass is 541 g/mol. The molecular formula is C26H23NO6S3. The molecule has 1 atom stereocenters. The van der Waals surface area contributed by atoms with Crippen molar-refractivity contribution in [2.45, 2.75) is 28.4 Å². The smallest absolute Gasteiger partial charge is 0.335 e. The molecule has 1 unspecified atom stereocenters. The lowest BCUT2D eigenvalue weighted by Crippen LogP contribution is -2.19. The molecule has 186 valence electrons. The van der Waals surface area contributed by atoms with Crippen molar-refractivity contribution in [1.82, 2.24) is 0 Å². The Balaban J connectivity index is 1.60. The molecule has 4 aromatic rings. The zero-order valence-corrected chi connectivity index (χ0v) is 21.4. The summed E-state index contributed by atoms with van der Waals surface area (Å²) in [7, 11) is -3.76. The predicted octanol–water partition coefficient (Wildman–Crippen LogP) is 5.73. The average Bonchev–Trinajstić information content (AvgIpc) is 3.36. The number of hydrogen-bond acceptors (Lipinski definition) is 5. The Bertz CT molecular complexity index is 1500. The molecule has 4 rings (SSSR count). The number of aryl methyl sites for hydroxylation is 2. The summed E-state index contributed by atoms with van der Waals surface area (Å²) in [6, 6.07) is 24.9. The highest BCUT2D eigenvalue weighted by atomic mass is 32.2. The van der Waals surface area contributed by atoms with E-state index in [0.29, 0.717) is 30.0 Å². The third kappa shape index (κ3) is 5.57. The Morgan fingerprint density at radius 1 is 0.833 bits per heavy atom. The van der Waals surface area contributed by atoms with Crippen molar-refractivity contribution < 1.29 is 27.1 Å². The first-order valence-electron chi connectivity index (χ1n) is 11.0. The fourth-order valence-corrected chi connectivity index (χ4v) is 7.40. The maximum atomic E-state index is 13.0. The molecule has 1 heterocycles. The van der Waals surface area contributed by atoms with Gasteiger partial charge in [0.1, 0.15) is 9.21 Å². The quantitative estimate of drug-likeness (QED) is 0.248. The average molecular weight is 542 g/mol. The van der Waals surface area contributed by atoms with Crippen LogP contribution in [0.3, 0.4) is 0 Å². The number of carboxylic acids is 1. The topological polar surface area (TPSA) is 112 Å². The van der Waals surface area contributed by atoms with Gasteiger partial charge >= 0.3 is 5.97 Å². The fraction of sp³-hybridized carbons (Fsp3) is 0.115. The van der Waals surface area contributed by atoms with Crippen molar-refractivity contribution in [3.05, 3.63) is 108 Å². The van der Waals surface area contributed by atoms with Crippen LogP contribution in [0.4, 0.5) is 10.7 Å². The van der Waals surface area contributed by atoms with Crippen LogP contribution in [0.25, 0.3) is 0 Å². The standard InChI is InChI=1S/C26H23NO6S3/c28-26(29)22-15-6-4-9-19(22)11-8-12-20-10-5-7-16-23(20)27(35(30)31)24-17-18-25(34-24)36(32,33)21-13-2-1-3-14-21/h1-7,9-10,13-18H,8,11-12H2,(H,28,29)(H,30,31). The fourth-order valence-electron chi connectivity index (χ4n) is 3.90. The second-order valence-electron chi connectivity index (χ2n) is 7.88. The maximum absolute atomic E-state index is 13.0. The van der Waals surface area contributed by atoms with E-state index in [1.807, 2.05) is 12.1 Å². The summed E-state index contributed by atoms with van der Waals surface area (Å²) < 4.78 is 49.9. The summed E-state index contributed by atoms with van der Waals surface area (Å²) in [5, 5.41) is 9.72. The summed E-state index contributed by atoms with van der Waals surface area (Å²) in [4.78, 5) is 11.6. The van der Waals surface area contributed by atoms with Crippen molar-refractivity contribution in [3.8, 4) is 0 Å². The lowest BCUT2D eigenvalue weighted by Gasteiger charge is -2.21. The summed E-state index contributed by atoms with van der Waals surface area (Å²) in [5.74, 6) is -0.980. The third-order valence-electron chi connectivity index (χ3n) is 5.59. The highest BCUT2D eigenvalue weighted by molar-refractivity contribution is 7.93. The summed E-state index contributed by atoms with van der Waals surface area (Å²) in [6.45, 7) is 0. The van der Waals surface area contributed by atoms with Gasteiger partial charge in [-0.3, -0.25) is 4.55 Å². The maximum Gasteiger partial charge on any atom is 0.335 e. The van der Waals surface area contributed by atoms with Crippen LogP contribution in [-0.2, 0) is 33.9 Å². The van der Waals surface area contributed by atoms with Gasteiger partial charge in [-0.1, -0.05) is 54.6 Å². The molecule has 10 heteroatoms. The van der Waals surface area contributed by atoms with E-state index in [9.17, 15) is 27.1 Å². The minimum absolute atomic E-state index is 0.0712. The number of rotatable bonds is 10. The molecule has 3 aromatic carbocycles. The van der Waals surface area contributed by atoms with Gasteiger partial charge < -0.3 is 5.11 Å². The van der Waals surface area contributed by atoms with Crippen LogP contribution in [0.15, 0.2) is 100 Å². The molecule has 7 nitrogen and oxygen atoms in total. The van der Waals surface area contributed by atoms with Crippen LogP contribution in [-0.4, -0.2) is 28.3 Å². The number of aromatic carboxylic acids is 1. The number of anilines is 2. The number of benzene rings is 3. The zero-order valence-electron chi connectivity index (χ0n) is 19.0. The van der Waals surface area contributed by atoms with Gasteiger partial charge in [-0.15, -0.1) is 11.3 Å². The molecule has 0 bridgehead atoms. The van der Waals surface area contributed by atoms with Gasteiger partial charge in [-0.2, -0.15) is 0 Å². The SMILES string of the molecule is O=C(O)c1ccccc1CCCc1ccccc1N(c1ccc(S(=O)(=O)c2ccccc2)s1)S(=O)O. The lowest BCUT2D eigenvalue weighted by atomic mass is 9.99. The van der Waals surface area contributed by atoms with Crippen molar-refractivity contribution in [2.24, 2.45) is 0 Å². The van der Waals surface area contributed by atoms with E-state index in [2.05, 4.69) is 0 Å². The Labute approximate surface area is 216 Å². The minimum Gasteiger partial charge on any atom is -0.478 e. The zero-order chi connectivity index (χ0) is 25.7. The lowest BCUT2D eigenvalue weighted by molar-refractivity contribution is 0.0695. The highest BCUT2D eigenvalue weighted by Gasteiger charge is 2.25. The van der Waals surface area contributed by atoms with E-state index in [4.69, 9.17) is 0 Å². The number of nitrogens with zero attached hydrogens (tertiary/aromatic N) is 1. The molecule has 0 aliphatic carbocycles. The number of sulfone groups is 1. The second kappa shape index (κ2) is 11.2. The van der Waals surface area contributed by atoms with E-state index in [-0.39, 0.29) is 14.7 Å². The van der Waals surface area contributed by atoms with Crippen molar-refractivity contribution in [1.29, 1.82) is 0 Å². The van der Waals surface area contributed by atoms with Crippen molar-refractivity contribution in [3.63, 3.8) is 0 Å². The van der Waals surface area contributed by atoms with E-state index in [1.54, 1.807) is 54.6 Å². The van der Waals surface area contributed by atoms with Gasteiger partial charge in [-0.25, -0.2) is 21.7 Å². The first-order valence-corrected chi connectivity index (χ1v) is 14.4. The molecule has 0 spiro atoms. The normalized spacial score (nSPS) is 12.2. The molecule has 0 amide bonds. The van der Waals surface area contributed by atoms with Crippen LogP contribution in [0.1, 0.15) is 27.9 Å². The molecule has 0 saturated carbocycles. The highest BCUT2D eigenvalue weighted by Crippen LogP contribution is 2.38. The molecule has 2 N–H and O–H groups in total. The molecule has 0 saturated heterocycles. The summed E-state index contributed by atoms with van der Waals surface area (Å²) in [5.41, 5.74) is 2.25. The van der Waals surface area contributed by atoms with E-state index in [1.165, 1.54) is 28.6 Å². The van der Waals surface area contributed by atoms with Crippen LogP contribution >= 0.6 is 11.3 Å².